The van der Waals surface area contributed by atoms with Gasteiger partial charge in [0.05, 0.1) is 24.2 Å². The van der Waals surface area contributed by atoms with Gasteiger partial charge in [0.1, 0.15) is 11.6 Å². The molecule has 4 heterocycles. The number of likely N-dealkylation sites (tertiary alicyclic amines) is 1. The average Bonchev–Trinajstić information content (AvgIpc) is 3.61. The predicted molar refractivity (Wildman–Crippen MR) is 140 cm³/mol. The van der Waals surface area contributed by atoms with Crippen LogP contribution in [-0.2, 0) is 4.74 Å². The zero-order chi connectivity index (χ0) is 25.2. The number of morpholine rings is 1. The normalized spacial score (nSPS) is 23.3. The van der Waals surface area contributed by atoms with E-state index in [4.69, 9.17) is 14.7 Å². The highest BCUT2D eigenvalue weighted by Crippen LogP contribution is 2.31. The van der Waals surface area contributed by atoms with Gasteiger partial charge in [-0.05, 0) is 69.7 Å². The summed E-state index contributed by atoms with van der Waals surface area (Å²) in [7, 11) is 0. The maximum atomic E-state index is 14.1. The van der Waals surface area contributed by atoms with Gasteiger partial charge in [0.2, 0.25) is 5.95 Å². The number of ether oxygens (including phenoxy) is 1. The number of nitrogens with one attached hydrogen (secondary N) is 1. The number of para-hydroxylation sites is 2. The van der Waals surface area contributed by atoms with E-state index >= 15 is 0 Å². The Kier molecular flexibility index (Phi) is 7.19. The van der Waals surface area contributed by atoms with Gasteiger partial charge in [-0.2, -0.15) is 9.97 Å². The zero-order valence-corrected chi connectivity index (χ0v) is 21.2. The lowest BCUT2D eigenvalue weighted by Gasteiger charge is -2.34. The highest BCUT2D eigenvalue weighted by atomic mass is 19.3. The number of halogens is 2. The van der Waals surface area contributed by atoms with Gasteiger partial charge in [-0.3, -0.25) is 4.57 Å². The number of fused-ring (bicyclic) bond motifs is 1. The van der Waals surface area contributed by atoms with Gasteiger partial charge in [0.25, 0.3) is 6.43 Å². The fourth-order valence-electron chi connectivity index (χ4n) is 6.03. The van der Waals surface area contributed by atoms with Gasteiger partial charge in [-0.15, -0.1) is 0 Å². The standard InChI is InChI=1S/C27H35F2N7O/c28-25(29)26-31-21-5-1-2-6-22(21)36(26)24-17-23(32-27(33-24)35-13-15-37-16-14-35)30-18-19-7-9-20(10-8-19)34-11-3-4-12-34/h1-2,5-6,17,19-20,25H,3-4,7-16,18H2,(H,30,32,33). The van der Waals surface area contributed by atoms with E-state index in [1.165, 1.54) is 56.2 Å². The third-order valence-corrected chi connectivity index (χ3v) is 8.05. The monoisotopic (exact) mass is 511 g/mol. The molecule has 0 atom stereocenters. The van der Waals surface area contributed by atoms with Crippen LogP contribution in [0.3, 0.4) is 0 Å². The van der Waals surface area contributed by atoms with Crippen LogP contribution in [0.25, 0.3) is 16.9 Å². The molecule has 3 fully saturated rings. The molecule has 0 radical (unpaired) electrons. The Bertz CT molecular complexity index is 1200. The second-order valence-electron chi connectivity index (χ2n) is 10.4. The number of rotatable bonds is 7. The first kappa shape index (κ1) is 24.5. The molecule has 0 spiro atoms. The molecule has 3 aliphatic rings. The van der Waals surface area contributed by atoms with Gasteiger partial charge in [0, 0.05) is 31.7 Å². The topological polar surface area (TPSA) is 71.3 Å². The van der Waals surface area contributed by atoms with Crippen LogP contribution in [0.2, 0.25) is 0 Å². The largest absolute Gasteiger partial charge is 0.378 e. The van der Waals surface area contributed by atoms with Crippen molar-refractivity contribution in [3.05, 3.63) is 36.2 Å². The summed E-state index contributed by atoms with van der Waals surface area (Å²) in [6, 6.07) is 9.70. The van der Waals surface area contributed by atoms with Crippen LogP contribution >= 0.6 is 0 Å². The fourth-order valence-corrected chi connectivity index (χ4v) is 6.03. The Morgan fingerprint density at radius 3 is 2.46 bits per heavy atom. The minimum atomic E-state index is -2.73. The van der Waals surface area contributed by atoms with E-state index in [0.717, 1.165) is 12.6 Å². The number of imidazole rings is 1. The van der Waals surface area contributed by atoms with Crippen LogP contribution < -0.4 is 10.2 Å². The summed E-state index contributed by atoms with van der Waals surface area (Å²) in [4.78, 5) is 18.5. The van der Waals surface area contributed by atoms with E-state index in [9.17, 15) is 8.78 Å². The molecule has 0 unspecified atom stereocenters. The first-order chi connectivity index (χ1) is 18.2. The Morgan fingerprint density at radius 2 is 1.70 bits per heavy atom. The lowest BCUT2D eigenvalue weighted by molar-refractivity contribution is 0.122. The molecule has 1 saturated carbocycles. The lowest BCUT2D eigenvalue weighted by atomic mass is 9.85. The predicted octanol–water partition coefficient (Wildman–Crippen LogP) is 4.66. The molecule has 6 rings (SSSR count). The molecule has 2 aliphatic heterocycles. The maximum absolute atomic E-state index is 14.1. The molecule has 2 saturated heterocycles. The summed E-state index contributed by atoms with van der Waals surface area (Å²) in [6.07, 6.45) is 4.84. The molecule has 37 heavy (non-hydrogen) atoms. The summed E-state index contributed by atoms with van der Waals surface area (Å²) in [5.74, 6) is 1.86. The molecule has 1 aliphatic carbocycles. The van der Waals surface area contributed by atoms with Gasteiger partial charge >= 0.3 is 0 Å². The smallest absolute Gasteiger partial charge is 0.296 e. The van der Waals surface area contributed by atoms with Crippen molar-refractivity contribution in [3.63, 3.8) is 0 Å². The highest BCUT2D eigenvalue weighted by Gasteiger charge is 2.28. The van der Waals surface area contributed by atoms with Crippen LogP contribution in [0.1, 0.15) is 50.8 Å². The van der Waals surface area contributed by atoms with E-state index in [2.05, 4.69) is 20.1 Å². The number of hydrogen-bond donors (Lipinski definition) is 1. The van der Waals surface area contributed by atoms with Gasteiger partial charge < -0.3 is 19.9 Å². The summed E-state index contributed by atoms with van der Waals surface area (Å²) in [5.41, 5.74) is 1.13. The molecule has 3 aromatic rings. The van der Waals surface area contributed by atoms with Crippen molar-refractivity contribution in [1.29, 1.82) is 0 Å². The molecule has 8 nitrogen and oxygen atoms in total. The second-order valence-corrected chi connectivity index (χ2v) is 10.4. The van der Waals surface area contributed by atoms with Crippen LogP contribution in [0.15, 0.2) is 30.3 Å². The summed E-state index contributed by atoms with van der Waals surface area (Å²) in [5, 5.41) is 3.53. The number of anilines is 2. The summed E-state index contributed by atoms with van der Waals surface area (Å²) >= 11 is 0. The molecular formula is C27H35F2N7O. The molecule has 1 aromatic carbocycles. The number of benzene rings is 1. The number of hydrogen-bond acceptors (Lipinski definition) is 7. The van der Waals surface area contributed by atoms with Crippen LogP contribution in [0.4, 0.5) is 20.5 Å². The second kappa shape index (κ2) is 10.9. The van der Waals surface area contributed by atoms with Gasteiger partial charge in [0.15, 0.2) is 5.82 Å². The molecular weight excluding hydrogens is 476 g/mol. The molecule has 1 N–H and O–H groups in total. The molecule has 10 heteroatoms. The maximum Gasteiger partial charge on any atom is 0.296 e. The quantitative estimate of drug-likeness (QED) is 0.495. The van der Waals surface area contributed by atoms with Crippen molar-refractivity contribution in [2.75, 3.05) is 56.2 Å². The minimum Gasteiger partial charge on any atom is -0.378 e. The summed E-state index contributed by atoms with van der Waals surface area (Å²) < 4.78 is 35.1. The summed E-state index contributed by atoms with van der Waals surface area (Å²) in [6.45, 7) is 5.83. The minimum absolute atomic E-state index is 0.306. The number of nitrogens with zero attached hydrogens (tertiary/aromatic N) is 6. The molecule has 0 amide bonds. The van der Waals surface area contributed by atoms with E-state index < -0.39 is 6.43 Å². The van der Waals surface area contributed by atoms with E-state index in [0.29, 0.717) is 60.8 Å². The van der Waals surface area contributed by atoms with Gasteiger partial charge in [-0.25, -0.2) is 13.8 Å². The Hall–Kier alpha value is -2.85. The van der Waals surface area contributed by atoms with Gasteiger partial charge in [-0.1, -0.05) is 12.1 Å². The highest BCUT2D eigenvalue weighted by molar-refractivity contribution is 5.78. The third kappa shape index (κ3) is 5.27. The Balaban J connectivity index is 1.26. The zero-order valence-electron chi connectivity index (χ0n) is 21.2. The van der Waals surface area contributed by atoms with Crippen molar-refractivity contribution < 1.29 is 13.5 Å². The third-order valence-electron chi connectivity index (χ3n) is 8.05. The SMILES string of the molecule is FC(F)c1nc2ccccc2n1-c1cc(NCC2CCC(N3CCCC3)CC2)nc(N2CCOCC2)n1. The van der Waals surface area contributed by atoms with Crippen molar-refractivity contribution in [2.45, 2.75) is 51.0 Å². The first-order valence-electron chi connectivity index (χ1n) is 13.6. The average molecular weight is 512 g/mol. The molecule has 0 bridgehead atoms. The number of alkyl halides is 2. The van der Waals surface area contributed by atoms with Crippen molar-refractivity contribution >= 4 is 22.8 Å². The van der Waals surface area contributed by atoms with Crippen molar-refractivity contribution in [1.82, 2.24) is 24.4 Å². The van der Waals surface area contributed by atoms with E-state index in [1.54, 1.807) is 24.3 Å². The van der Waals surface area contributed by atoms with E-state index in [-0.39, 0.29) is 5.82 Å². The lowest BCUT2D eigenvalue weighted by Crippen LogP contribution is -2.38. The van der Waals surface area contributed by atoms with Crippen molar-refractivity contribution in [3.8, 4) is 5.82 Å². The molecule has 2 aromatic heterocycles. The fraction of sp³-hybridized carbons (Fsp3) is 0.593. The Morgan fingerprint density at radius 1 is 0.946 bits per heavy atom. The molecule has 198 valence electrons. The Labute approximate surface area is 216 Å². The van der Waals surface area contributed by atoms with Crippen molar-refractivity contribution in [2.24, 2.45) is 5.92 Å². The van der Waals surface area contributed by atoms with E-state index in [1.807, 2.05) is 6.07 Å². The van der Waals surface area contributed by atoms with Crippen LogP contribution in [0.5, 0.6) is 0 Å². The van der Waals surface area contributed by atoms with Crippen LogP contribution in [0, 0.1) is 5.92 Å². The number of aromatic nitrogens is 4. The first-order valence-corrected chi connectivity index (χ1v) is 13.6. The van der Waals surface area contributed by atoms with Crippen LogP contribution in [-0.4, -0.2) is 76.4 Å².